The number of halogens is 1. The summed E-state index contributed by atoms with van der Waals surface area (Å²) in [6.45, 7) is 5.11. The molecule has 0 bridgehead atoms. The van der Waals surface area contributed by atoms with Crippen molar-refractivity contribution in [2.24, 2.45) is 0 Å². The molecule has 33 heavy (non-hydrogen) atoms. The number of amides is 1. The Kier molecular flexibility index (Phi) is 9.25. The van der Waals surface area contributed by atoms with Crippen molar-refractivity contribution in [1.29, 1.82) is 0 Å². The molecule has 0 aliphatic carbocycles. The van der Waals surface area contributed by atoms with Crippen molar-refractivity contribution in [3.8, 4) is 17.2 Å². The van der Waals surface area contributed by atoms with Crippen LogP contribution in [0, 0.1) is 0 Å². The van der Waals surface area contributed by atoms with Crippen molar-refractivity contribution >= 4 is 31.3 Å². The van der Waals surface area contributed by atoms with Crippen LogP contribution in [0.1, 0.15) is 31.9 Å². The zero-order valence-electron chi connectivity index (χ0n) is 18.8. The van der Waals surface area contributed by atoms with Crippen molar-refractivity contribution in [1.82, 2.24) is 5.32 Å². The number of hydrogen-bond donors (Lipinski definition) is 3. The zero-order valence-corrected chi connectivity index (χ0v) is 19.5. The van der Waals surface area contributed by atoms with Gasteiger partial charge >= 0.3 is 19.7 Å². The number of methoxy groups -OCH3 is 1. The predicted molar refractivity (Wildman–Crippen MR) is 122 cm³/mol. The summed E-state index contributed by atoms with van der Waals surface area (Å²) in [7, 11) is 2.02. The van der Waals surface area contributed by atoms with Gasteiger partial charge in [0.2, 0.25) is 0 Å². The fourth-order valence-corrected chi connectivity index (χ4v) is 3.06. The van der Waals surface area contributed by atoms with Crippen LogP contribution in [0.25, 0.3) is 0 Å². The fourth-order valence-electron chi connectivity index (χ4n) is 2.83. The number of rotatable bonds is 10. The molecule has 9 nitrogen and oxygen atoms in total. The van der Waals surface area contributed by atoms with E-state index in [1.54, 1.807) is 52.1 Å². The Balaban J connectivity index is 2.30. The van der Waals surface area contributed by atoms with Crippen LogP contribution < -0.4 is 19.4 Å². The van der Waals surface area contributed by atoms with Gasteiger partial charge < -0.3 is 34.3 Å². The van der Waals surface area contributed by atoms with Gasteiger partial charge in [0.25, 0.3) is 0 Å². The molecular formula is C22H26BClNO8. The third-order valence-corrected chi connectivity index (χ3v) is 4.45. The smallest absolute Gasteiger partial charge is 0.535 e. The van der Waals surface area contributed by atoms with Crippen molar-refractivity contribution in [2.45, 2.75) is 45.4 Å². The van der Waals surface area contributed by atoms with Gasteiger partial charge in [0.15, 0.2) is 5.75 Å². The zero-order chi connectivity index (χ0) is 24.6. The molecule has 3 N–H and O–H groups in total. The third-order valence-electron chi connectivity index (χ3n) is 4.23. The number of carboxylic acids is 1. The van der Waals surface area contributed by atoms with Crippen molar-refractivity contribution in [3.63, 3.8) is 0 Å². The molecule has 1 radical (unpaired) electrons. The second-order valence-corrected chi connectivity index (χ2v) is 8.43. The van der Waals surface area contributed by atoms with E-state index in [0.717, 1.165) is 5.56 Å². The van der Waals surface area contributed by atoms with E-state index in [0.29, 0.717) is 19.0 Å². The Bertz CT molecular complexity index is 962. The summed E-state index contributed by atoms with van der Waals surface area (Å²) in [6.07, 6.45) is -1.06. The van der Waals surface area contributed by atoms with E-state index >= 15 is 0 Å². The lowest BCUT2D eigenvalue weighted by Gasteiger charge is -2.23. The van der Waals surface area contributed by atoms with E-state index < -0.39 is 23.7 Å². The minimum absolute atomic E-state index is 0.0786. The van der Waals surface area contributed by atoms with E-state index in [2.05, 4.69) is 5.32 Å². The van der Waals surface area contributed by atoms with Gasteiger partial charge in [-0.25, -0.2) is 9.59 Å². The quantitative estimate of drug-likeness (QED) is 0.444. The number of benzene rings is 2. The highest BCUT2D eigenvalue weighted by atomic mass is 35.5. The third kappa shape index (κ3) is 8.40. The monoisotopic (exact) mass is 478 g/mol. The molecule has 0 saturated heterocycles. The van der Waals surface area contributed by atoms with Gasteiger partial charge in [-0.3, -0.25) is 0 Å². The number of carbonyl (C=O) groups excluding carboxylic acids is 1. The second-order valence-electron chi connectivity index (χ2n) is 7.99. The van der Waals surface area contributed by atoms with Crippen LogP contribution in [0.3, 0.4) is 0 Å². The molecular weight excluding hydrogens is 453 g/mol. The molecule has 0 spiro atoms. The molecule has 177 valence electrons. The first-order valence-electron chi connectivity index (χ1n) is 9.95. The Morgan fingerprint density at radius 2 is 1.85 bits per heavy atom. The summed E-state index contributed by atoms with van der Waals surface area (Å²) < 4.78 is 21.3. The number of hydrogen-bond acceptors (Lipinski definition) is 7. The topological polar surface area (TPSA) is 124 Å². The van der Waals surface area contributed by atoms with Gasteiger partial charge in [-0.2, -0.15) is 0 Å². The summed E-state index contributed by atoms with van der Waals surface area (Å²) in [5.74, 6) is -0.354. The van der Waals surface area contributed by atoms with Gasteiger partial charge in [0.05, 0.1) is 7.11 Å². The van der Waals surface area contributed by atoms with Crippen LogP contribution in [0.4, 0.5) is 4.79 Å². The molecule has 2 aromatic rings. The number of aliphatic carboxylic acids is 1. The van der Waals surface area contributed by atoms with Gasteiger partial charge in [-0.05, 0) is 44.5 Å². The largest absolute Gasteiger partial charge is 0.569 e. The first-order valence-corrected chi connectivity index (χ1v) is 10.3. The van der Waals surface area contributed by atoms with E-state index in [9.17, 15) is 14.7 Å². The van der Waals surface area contributed by atoms with Crippen LogP contribution in [-0.2, 0) is 22.6 Å². The average molecular weight is 479 g/mol. The summed E-state index contributed by atoms with van der Waals surface area (Å²) in [5, 5.41) is 21.3. The molecule has 0 aliphatic rings. The SMILES string of the molecule is COc1ccc(COc2c(C[C@H](NC(=O)OC(C)(C)C)C(=O)O)cc(Cl)cc2O[B]O)cc1. The summed E-state index contributed by atoms with van der Waals surface area (Å²) in [5.41, 5.74) is 0.349. The normalized spacial score (nSPS) is 11.8. The lowest BCUT2D eigenvalue weighted by Crippen LogP contribution is -2.44. The van der Waals surface area contributed by atoms with Crippen LogP contribution >= 0.6 is 11.6 Å². The standard InChI is InChI=1S/C22H26BClNO8/c1-22(2,3)32-21(28)25-17(20(26)27)10-14-9-15(24)11-18(33-23-29)19(14)31-12-13-5-7-16(30-4)8-6-13/h5-9,11,17,29H,10,12H2,1-4H3,(H,25,28)(H,26,27)/t17-/m0/s1. The first-order chi connectivity index (χ1) is 15.5. The second kappa shape index (κ2) is 11.7. The molecule has 1 amide bonds. The molecule has 2 rings (SSSR count). The Hall–Kier alpha value is -3.11. The minimum Gasteiger partial charge on any atom is -0.535 e. The molecule has 0 fully saturated rings. The molecule has 0 unspecified atom stereocenters. The highest BCUT2D eigenvalue weighted by Gasteiger charge is 2.27. The van der Waals surface area contributed by atoms with Gasteiger partial charge in [0, 0.05) is 23.1 Å². The minimum atomic E-state index is -1.34. The summed E-state index contributed by atoms with van der Waals surface area (Å²) in [4.78, 5) is 23.9. The Labute approximate surface area is 197 Å². The molecule has 0 aromatic heterocycles. The van der Waals surface area contributed by atoms with Crippen molar-refractivity contribution < 1.29 is 38.6 Å². The van der Waals surface area contributed by atoms with Crippen LogP contribution in [0.2, 0.25) is 5.02 Å². The molecule has 0 aliphatic heterocycles. The number of alkyl carbamates (subject to hydrolysis) is 1. The molecule has 11 heteroatoms. The van der Waals surface area contributed by atoms with E-state index in [1.165, 1.54) is 12.1 Å². The Morgan fingerprint density at radius 1 is 1.18 bits per heavy atom. The Morgan fingerprint density at radius 3 is 2.39 bits per heavy atom. The van der Waals surface area contributed by atoms with Crippen LogP contribution in [0.15, 0.2) is 36.4 Å². The lowest BCUT2D eigenvalue weighted by molar-refractivity contribution is -0.139. The maximum absolute atomic E-state index is 12.1. The first kappa shape index (κ1) is 26.1. The number of ether oxygens (including phenoxy) is 3. The average Bonchev–Trinajstić information content (AvgIpc) is 2.71. The molecule has 0 heterocycles. The molecule has 1 atom stereocenters. The van der Waals surface area contributed by atoms with E-state index in [4.69, 9.17) is 35.5 Å². The van der Waals surface area contributed by atoms with Crippen molar-refractivity contribution in [3.05, 3.63) is 52.5 Å². The van der Waals surface area contributed by atoms with Gasteiger partial charge in [-0.15, -0.1) is 0 Å². The van der Waals surface area contributed by atoms with Gasteiger partial charge in [-0.1, -0.05) is 23.7 Å². The van der Waals surface area contributed by atoms with Gasteiger partial charge in [0.1, 0.15) is 29.7 Å². The highest BCUT2D eigenvalue weighted by Crippen LogP contribution is 2.36. The number of carboxylic acid groups (broad SMARTS) is 1. The number of carbonyl (C=O) groups is 2. The van der Waals surface area contributed by atoms with E-state index in [1.807, 2.05) is 0 Å². The maximum atomic E-state index is 12.1. The van der Waals surface area contributed by atoms with Crippen LogP contribution in [0.5, 0.6) is 17.2 Å². The summed E-state index contributed by atoms with van der Waals surface area (Å²) >= 11 is 6.16. The predicted octanol–water partition coefficient (Wildman–Crippen LogP) is 3.35. The maximum Gasteiger partial charge on any atom is 0.569 e. The van der Waals surface area contributed by atoms with Crippen LogP contribution in [-0.4, -0.2) is 48.6 Å². The van der Waals surface area contributed by atoms with Crippen molar-refractivity contribution in [2.75, 3.05) is 7.11 Å². The fraction of sp³-hybridized carbons (Fsp3) is 0.364. The molecule has 0 saturated carbocycles. The number of nitrogens with one attached hydrogen (secondary N) is 1. The lowest BCUT2D eigenvalue weighted by atomic mass is 10.0. The summed E-state index contributed by atoms with van der Waals surface area (Å²) in [6, 6.07) is 8.72. The molecule has 2 aromatic carbocycles. The highest BCUT2D eigenvalue weighted by molar-refractivity contribution is 6.31. The van der Waals surface area contributed by atoms with E-state index in [-0.39, 0.29) is 29.5 Å².